The second-order valence-electron chi connectivity index (χ2n) is 4.64. The van der Waals surface area contributed by atoms with E-state index in [4.69, 9.17) is 10.5 Å². The van der Waals surface area contributed by atoms with Crippen LogP contribution in [0.5, 0.6) is 5.75 Å². The maximum absolute atomic E-state index is 11.8. The third kappa shape index (κ3) is 5.35. The van der Waals surface area contributed by atoms with Crippen molar-refractivity contribution in [2.75, 3.05) is 18.5 Å². The van der Waals surface area contributed by atoms with Crippen molar-refractivity contribution < 1.29 is 14.3 Å². The number of nitrogens with one attached hydrogen (secondary N) is 2. The average Bonchev–Trinajstić information content (AvgIpc) is 3.00. The van der Waals surface area contributed by atoms with Gasteiger partial charge in [-0.1, -0.05) is 6.07 Å². The second kappa shape index (κ2) is 8.25. The van der Waals surface area contributed by atoms with Crippen LogP contribution >= 0.6 is 11.3 Å². The van der Waals surface area contributed by atoms with Gasteiger partial charge in [0.1, 0.15) is 23.1 Å². The van der Waals surface area contributed by atoms with E-state index in [1.54, 1.807) is 29.6 Å². The summed E-state index contributed by atoms with van der Waals surface area (Å²) >= 11 is 1.36. The van der Waals surface area contributed by atoms with E-state index in [-0.39, 0.29) is 11.8 Å². The molecule has 0 saturated heterocycles. The summed E-state index contributed by atoms with van der Waals surface area (Å²) in [6.45, 7) is 2.42. The Bertz CT molecular complexity index is 687. The minimum atomic E-state index is -0.253. The minimum absolute atomic E-state index is 0.144. The Balaban J connectivity index is 1.76. The predicted octanol–water partition coefficient (Wildman–Crippen LogP) is 1.37. The standard InChI is InChI=1S/C15H18N4O3S/c1-10(20)18-11-3-2-4-12(7-11)22-6-5-17-15(21)13-9-23-14(8-16)19-13/h2-4,7,9H,5-6,8,16H2,1H3,(H,17,21)(H,18,20). The molecule has 7 nitrogen and oxygen atoms in total. The molecule has 2 aromatic rings. The van der Waals surface area contributed by atoms with E-state index in [1.165, 1.54) is 18.3 Å². The van der Waals surface area contributed by atoms with Crippen LogP contribution < -0.4 is 21.1 Å². The van der Waals surface area contributed by atoms with Gasteiger partial charge in [-0.05, 0) is 12.1 Å². The van der Waals surface area contributed by atoms with E-state index in [0.29, 0.717) is 36.8 Å². The molecule has 23 heavy (non-hydrogen) atoms. The van der Waals surface area contributed by atoms with Crippen LogP contribution in [0.1, 0.15) is 22.4 Å². The number of hydrogen-bond donors (Lipinski definition) is 3. The zero-order valence-electron chi connectivity index (χ0n) is 12.7. The Hall–Kier alpha value is -2.45. The van der Waals surface area contributed by atoms with E-state index in [0.717, 1.165) is 5.01 Å². The molecule has 0 aliphatic carbocycles. The van der Waals surface area contributed by atoms with Gasteiger partial charge in [0.15, 0.2) is 0 Å². The molecule has 0 fully saturated rings. The fourth-order valence-corrected chi connectivity index (χ4v) is 2.45. The van der Waals surface area contributed by atoms with Crippen LogP contribution in [0.4, 0.5) is 5.69 Å². The molecule has 0 aliphatic rings. The number of carbonyl (C=O) groups is 2. The summed E-state index contributed by atoms with van der Waals surface area (Å²) < 4.78 is 5.54. The first-order chi connectivity index (χ1) is 11.1. The van der Waals surface area contributed by atoms with Gasteiger partial charge in [-0.15, -0.1) is 11.3 Å². The van der Waals surface area contributed by atoms with Crippen molar-refractivity contribution in [3.8, 4) is 5.75 Å². The molecule has 0 saturated carbocycles. The number of amides is 2. The van der Waals surface area contributed by atoms with Crippen molar-refractivity contribution in [3.05, 3.63) is 40.3 Å². The number of anilines is 1. The smallest absolute Gasteiger partial charge is 0.270 e. The fraction of sp³-hybridized carbons (Fsp3) is 0.267. The van der Waals surface area contributed by atoms with E-state index < -0.39 is 0 Å². The van der Waals surface area contributed by atoms with Gasteiger partial charge in [0.25, 0.3) is 5.91 Å². The van der Waals surface area contributed by atoms with Gasteiger partial charge in [0.05, 0.1) is 6.54 Å². The molecular weight excluding hydrogens is 316 g/mol. The molecule has 0 bridgehead atoms. The zero-order chi connectivity index (χ0) is 16.7. The third-order valence-corrected chi connectivity index (χ3v) is 3.64. The molecule has 8 heteroatoms. The van der Waals surface area contributed by atoms with E-state index in [1.807, 2.05) is 0 Å². The predicted molar refractivity (Wildman–Crippen MR) is 88.6 cm³/mol. The first-order valence-electron chi connectivity index (χ1n) is 7.01. The topological polar surface area (TPSA) is 106 Å². The average molecular weight is 334 g/mol. The molecule has 122 valence electrons. The molecular formula is C15H18N4O3S. The zero-order valence-corrected chi connectivity index (χ0v) is 13.5. The van der Waals surface area contributed by atoms with Gasteiger partial charge in [0, 0.05) is 30.6 Å². The highest BCUT2D eigenvalue weighted by Gasteiger charge is 2.09. The van der Waals surface area contributed by atoms with Crippen molar-refractivity contribution in [3.63, 3.8) is 0 Å². The lowest BCUT2D eigenvalue weighted by molar-refractivity contribution is -0.114. The van der Waals surface area contributed by atoms with Crippen LogP contribution in [-0.4, -0.2) is 29.9 Å². The number of nitrogens with zero attached hydrogens (tertiary/aromatic N) is 1. The van der Waals surface area contributed by atoms with Crippen LogP contribution in [0.2, 0.25) is 0 Å². The van der Waals surface area contributed by atoms with Crippen LogP contribution in [0.15, 0.2) is 29.6 Å². The monoisotopic (exact) mass is 334 g/mol. The van der Waals surface area contributed by atoms with E-state index in [2.05, 4.69) is 15.6 Å². The second-order valence-corrected chi connectivity index (χ2v) is 5.59. The van der Waals surface area contributed by atoms with Gasteiger partial charge in [-0.3, -0.25) is 9.59 Å². The SMILES string of the molecule is CC(=O)Nc1cccc(OCCNC(=O)c2csc(CN)n2)c1. The van der Waals surface area contributed by atoms with Crippen molar-refractivity contribution in [1.82, 2.24) is 10.3 Å². The number of carbonyl (C=O) groups excluding carboxylic acids is 2. The maximum Gasteiger partial charge on any atom is 0.270 e. The molecule has 0 unspecified atom stereocenters. The van der Waals surface area contributed by atoms with Crippen LogP contribution in [-0.2, 0) is 11.3 Å². The lowest BCUT2D eigenvalue weighted by Gasteiger charge is -2.09. The third-order valence-electron chi connectivity index (χ3n) is 2.77. The summed E-state index contributed by atoms with van der Waals surface area (Å²) in [5.74, 6) is 0.218. The van der Waals surface area contributed by atoms with Crippen molar-refractivity contribution in [2.45, 2.75) is 13.5 Å². The minimum Gasteiger partial charge on any atom is -0.492 e. The normalized spacial score (nSPS) is 10.2. The van der Waals surface area contributed by atoms with Crippen molar-refractivity contribution in [1.29, 1.82) is 0 Å². The molecule has 1 aromatic carbocycles. The van der Waals surface area contributed by atoms with E-state index >= 15 is 0 Å². The van der Waals surface area contributed by atoms with Gasteiger partial charge < -0.3 is 21.1 Å². The lowest BCUT2D eigenvalue weighted by Crippen LogP contribution is -2.28. The number of hydrogen-bond acceptors (Lipinski definition) is 6. The van der Waals surface area contributed by atoms with E-state index in [9.17, 15) is 9.59 Å². The number of rotatable bonds is 7. The lowest BCUT2D eigenvalue weighted by atomic mass is 10.3. The Morgan fingerprint density at radius 3 is 2.91 bits per heavy atom. The summed E-state index contributed by atoms with van der Waals surface area (Å²) in [4.78, 5) is 27.0. The van der Waals surface area contributed by atoms with Crippen LogP contribution in [0, 0.1) is 0 Å². The first kappa shape index (κ1) is 16.9. The largest absolute Gasteiger partial charge is 0.492 e. The van der Waals surface area contributed by atoms with Gasteiger partial charge in [-0.2, -0.15) is 0 Å². The summed E-state index contributed by atoms with van der Waals surface area (Å²) in [6.07, 6.45) is 0. The highest BCUT2D eigenvalue weighted by atomic mass is 32.1. The Morgan fingerprint density at radius 1 is 1.39 bits per heavy atom. The number of thiazole rings is 1. The van der Waals surface area contributed by atoms with Crippen LogP contribution in [0.3, 0.4) is 0 Å². The fourth-order valence-electron chi connectivity index (χ4n) is 1.80. The van der Waals surface area contributed by atoms with Gasteiger partial charge in [0.2, 0.25) is 5.91 Å². The highest BCUT2D eigenvalue weighted by molar-refractivity contribution is 7.09. The number of benzene rings is 1. The van der Waals surface area contributed by atoms with Crippen molar-refractivity contribution >= 4 is 28.8 Å². The molecule has 1 aromatic heterocycles. The summed E-state index contributed by atoms with van der Waals surface area (Å²) in [7, 11) is 0. The highest BCUT2D eigenvalue weighted by Crippen LogP contribution is 2.17. The molecule has 2 rings (SSSR count). The number of ether oxygens (including phenoxy) is 1. The molecule has 4 N–H and O–H groups in total. The molecule has 0 radical (unpaired) electrons. The van der Waals surface area contributed by atoms with Gasteiger partial charge >= 0.3 is 0 Å². The molecule has 2 amide bonds. The quantitative estimate of drug-likeness (QED) is 0.663. The Labute approximate surface area is 137 Å². The molecule has 0 spiro atoms. The number of nitrogens with two attached hydrogens (primary N) is 1. The number of aromatic nitrogens is 1. The summed E-state index contributed by atoms with van der Waals surface area (Å²) in [5.41, 5.74) is 6.49. The molecule has 0 atom stereocenters. The first-order valence-corrected chi connectivity index (χ1v) is 7.89. The molecule has 0 aliphatic heterocycles. The summed E-state index contributed by atoms with van der Waals surface area (Å²) in [6, 6.07) is 7.05. The van der Waals surface area contributed by atoms with Crippen LogP contribution in [0.25, 0.3) is 0 Å². The van der Waals surface area contributed by atoms with Gasteiger partial charge in [-0.25, -0.2) is 4.98 Å². The Kier molecular flexibility index (Phi) is 6.07. The van der Waals surface area contributed by atoms with Crippen molar-refractivity contribution in [2.24, 2.45) is 5.73 Å². The summed E-state index contributed by atoms with van der Waals surface area (Å²) in [5, 5.41) is 7.80. The Morgan fingerprint density at radius 2 is 2.22 bits per heavy atom. The maximum atomic E-state index is 11.8. The molecule has 1 heterocycles.